The lowest BCUT2D eigenvalue weighted by Gasteiger charge is -2.41. The number of piperazine rings is 1. The van der Waals surface area contributed by atoms with Gasteiger partial charge in [0.2, 0.25) is 0 Å². The van der Waals surface area contributed by atoms with Crippen LogP contribution < -0.4 is 0 Å². The molecule has 14 heteroatoms. The van der Waals surface area contributed by atoms with Crippen LogP contribution in [-0.2, 0) is 32.4 Å². The number of halogens is 8. The lowest BCUT2D eigenvalue weighted by atomic mass is 9.98. The van der Waals surface area contributed by atoms with E-state index >= 15 is 0 Å². The van der Waals surface area contributed by atoms with Gasteiger partial charge >= 0.3 is 12.4 Å². The molecule has 1 atom stereocenters. The Bertz CT molecular complexity index is 1300. The van der Waals surface area contributed by atoms with E-state index in [4.69, 9.17) is 11.6 Å². The molecule has 212 valence electrons. The van der Waals surface area contributed by atoms with Crippen molar-refractivity contribution in [2.24, 2.45) is 7.05 Å². The van der Waals surface area contributed by atoms with E-state index in [2.05, 4.69) is 5.10 Å². The van der Waals surface area contributed by atoms with Crippen LogP contribution in [0.25, 0.3) is 0 Å². The number of hydrogen-bond donors (Lipinski definition) is 1. The van der Waals surface area contributed by atoms with Gasteiger partial charge in [0.25, 0.3) is 5.91 Å². The summed E-state index contributed by atoms with van der Waals surface area (Å²) in [5.74, 6) is -1.12. The van der Waals surface area contributed by atoms with Gasteiger partial charge in [0.15, 0.2) is 0 Å². The van der Waals surface area contributed by atoms with E-state index in [-0.39, 0.29) is 48.8 Å². The average molecular weight is 597 g/mol. The summed E-state index contributed by atoms with van der Waals surface area (Å²) in [6.45, 7) is 1.18. The number of nitrogens with zero attached hydrogens (tertiary/aromatic N) is 4. The Kier molecular flexibility index (Phi) is 9.13. The molecular formula is C25H24Cl2F6N4O2. The second-order valence-corrected chi connectivity index (χ2v) is 9.60. The lowest BCUT2D eigenvalue weighted by molar-refractivity contribution is -0.143. The minimum atomic E-state index is -5.07. The van der Waals surface area contributed by atoms with Crippen molar-refractivity contribution in [1.82, 2.24) is 19.6 Å². The van der Waals surface area contributed by atoms with Crippen molar-refractivity contribution in [3.8, 4) is 5.75 Å². The Morgan fingerprint density at radius 2 is 1.67 bits per heavy atom. The van der Waals surface area contributed by atoms with Crippen LogP contribution in [-0.4, -0.2) is 56.3 Å². The number of aryl methyl sites for hydroxylation is 1. The Hall–Kier alpha value is -2.96. The smallest absolute Gasteiger partial charge is 0.416 e. The van der Waals surface area contributed by atoms with Crippen molar-refractivity contribution in [1.29, 1.82) is 0 Å². The van der Waals surface area contributed by atoms with Gasteiger partial charge in [-0.25, -0.2) is 0 Å². The molecule has 1 fully saturated rings. The Morgan fingerprint density at radius 3 is 2.21 bits per heavy atom. The maximum atomic E-state index is 13.4. The van der Waals surface area contributed by atoms with Gasteiger partial charge < -0.3 is 10.0 Å². The highest BCUT2D eigenvalue weighted by atomic mass is 35.5. The molecule has 0 unspecified atom stereocenters. The first-order valence-corrected chi connectivity index (χ1v) is 11.9. The van der Waals surface area contributed by atoms with Crippen LogP contribution in [0.3, 0.4) is 0 Å². The number of aromatic nitrogens is 2. The molecule has 2 aromatic carbocycles. The average Bonchev–Trinajstić information content (AvgIpc) is 3.24. The number of phenols is 1. The summed E-state index contributed by atoms with van der Waals surface area (Å²) in [6.07, 6.45) is -6.45. The molecule has 39 heavy (non-hydrogen) atoms. The molecular weight excluding hydrogens is 573 g/mol. The molecule has 2 heterocycles. The van der Waals surface area contributed by atoms with Crippen LogP contribution in [0.15, 0.2) is 48.8 Å². The minimum absolute atomic E-state index is 0. The number of benzene rings is 2. The van der Waals surface area contributed by atoms with E-state index in [0.717, 1.165) is 5.56 Å². The van der Waals surface area contributed by atoms with Gasteiger partial charge in [0.05, 0.1) is 22.3 Å². The number of hydrogen-bond acceptors (Lipinski definition) is 4. The molecule has 1 amide bonds. The Morgan fingerprint density at radius 1 is 1.03 bits per heavy atom. The van der Waals surface area contributed by atoms with Crippen LogP contribution in [0.5, 0.6) is 5.75 Å². The van der Waals surface area contributed by atoms with Crippen molar-refractivity contribution < 1.29 is 36.2 Å². The molecule has 1 saturated heterocycles. The number of carbonyl (C=O) groups excluding carboxylic acids is 1. The molecule has 0 aliphatic carbocycles. The van der Waals surface area contributed by atoms with Gasteiger partial charge in [0.1, 0.15) is 5.75 Å². The van der Waals surface area contributed by atoms with E-state index in [1.165, 1.54) is 17.0 Å². The van der Waals surface area contributed by atoms with E-state index in [1.54, 1.807) is 24.0 Å². The van der Waals surface area contributed by atoms with E-state index in [1.807, 2.05) is 11.1 Å². The van der Waals surface area contributed by atoms with Crippen LogP contribution >= 0.6 is 24.0 Å². The van der Waals surface area contributed by atoms with Crippen LogP contribution in [0.4, 0.5) is 26.3 Å². The van der Waals surface area contributed by atoms with Gasteiger partial charge in [-0.1, -0.05) is 17.7 Å². The van der Waals surface area contributed by atoms with E-state index in [9.17, 15) is 36.2 Å². The number of phenolic OH excluding ortho intramolecular Hbond substituents is 1. The summed E-state index contributed by atoms with van der Waals surface area (Å²) in [5, 5.41) is 14.2. The second kappa shape index (κ2) is 11.6. The fourth-order valence-corrected chi connectivity index (χ4v) is 4.64. The standard InChI is InChI=1S/C25H23ClF6N4O2.ClH/c1-34-12-16(11-33-34)13-35-4-5-36(20(14-35)6-15-2-3-21(26)22(37)7-15)23(38)17-8-18(24(27,28)29)10-19(9-17)25(30,31)32;/h2-3,7-12,20,37H,4-6,13-14H2,1H3;1H/t20-;/m1./s1. The summed E-state index contributed by atoms with van der Waals surface area (Å²) in [5.41, 5.74) is -2.30. The molecule has 0 bridgehead atoms. The quantitative estimate of drug-likeness (QED) is 0.378. The topological polar surface area (TPSA) is 61.6 Å². The predicted octanol–water partition coefficient (Wildman–Crippen LogP) is 5.81. The molecule has 1 aliphatic heterocycles. The normalized spacial score (nSPS) is 16.7. The van der Waals surface area contributed by atoms with Gasteiger partial charge in [-0.3, -0.25) is 14.4 Å². The van der Waals surface area contributed by atoms with Gasteiger partial charge in [0, 0.05) is 56.6 Å². The molecule has 0 saturated carbocycles. The molecule has 4 rings (SSSR count). The molecule has 0 radical (unpaired) electrons. The Labute approximate surface area is 231 Å². The van der Waals surface area contributed by atoms with E-state index < -0.39 is 41.0 Å². The number of carbonyl (C=O) groups is 1. The molecule has 0 spiro atoms. The largest absolute Gasteiger partial charge is 0.506 e. The maximum Gasteiger partial charge on any atom is 0.416 e. The molecule has 3 aromatic rings. The Balaban J connectivity index is 0.00000420. The number of alkyl halides is 6. The zero-order chi connectivity index (χ0) is 27.8. The van der Waals surface area contributed by atoms with Crippen molar-refractivity contribution in [2.75, 3.05) is 19.6 Å². The minimum Gasteiger partial charge on any atom is -0.506 e. The highest BCUT2D eigenvalue weighted by molar-refractivity contribution is 6.32. The molecule has 6 nitrogen and oxygen atoms in total. The summed E-state index contributed by atoms with van der Waals surface area (Å²) >= 11 is 5.89. The van der Waals surface area contributed by atoms with Crippen molar-refractivity contribution in [3.05, 3.63) is 81.6 Å². The zero-order valence-electron chi connectivity index (χ0n) is 20.4. The first-order chi connectivity index (χ1) is 17.7. The molecule has 1 N–H and O–H groups in total. The zero-order valence-corrected chi connectivity index (χ0v) is 22.0. The highest BCUT2D eigenvalue weighted by Crippen LogP contribution is 2.37. The predicted molar refractivity (Wildman–Crippen MR) is 134 cm³/mol. The SMILES string of the molecule is Cl.Cn1cc(CN2CCN(C(=O)c3cc(C(F)(F)F)cc(C(F)(F)F)c3)[C@H](Cc3ccc(Cl)c(O)c3)C2)cn1. The third-order valence-electron chi connectivity index (χ3n) is 6.31. The first kappa shape index (κ1) is 30.6. The van der Waals surface area contributed by atoms with Crippen LogP contribution in [0.1, 0.15) is 32.6 Å². The third-order valence-corrected chi connectivity index (χ3v) is 6.63. The fraction of sp³-hybridized carbons (Fsp3) is 0.360. The van der Waals surface area contributed by atoms with Crippen molar-refractivity contribution >= 4 is 29.9 Å². The fourth-order valence-electron chi connectivity index (χ4n) is 4.52. The lowest BCUT2D eigenvalue weighted by Crippen LogP contribution is -2.55. The maximum absolute atomic E-state index is 13.4. The highest BCUT2D eigenvalue weighted by Gasteiger charge is 2.39. The van der Waals surface area contributed by atoms with Gasteiger partial charge in [-0.05, 0) is 42.3 Å². The second-order valence-electron chi connectivity index (χ2n) is 9.19. The summed E-state index contributed by atoms with van der Waals surface area (Å²) < 4.78 is 82.0. The number of rotatable bonds is 5. The van der Waals surface area contributed by atoms with Crippen LogP contribution in [0.2, 0.25) is 5.02 Å². The number of amides is 1. The van der Waals surface area contributed by atoms with Crippen molar-refractivity contribution in [2.45, 2.75) is 31.4 Å². The van der Waals surface area contributed by atoms with Gasteiger partial charge in [-0.15, -0.1) is 12.4 Å². The number of aromatic hydroxyl groups is 1. The molecule has 1 aliphatic rings. The summed E-state index contributed by atoms with van der Waals surface area (Å²) in [4.78, 5) is 16.8. The summed E-state index contributed by atoms with van der Waals surface area (Å²) in [7, 11) is 1.76. The first-order valence-electron chi connectivity index (χ1n) is 11.5. The van der Waals surface area contributed by atoms with Gasteiger partial charge in [-0.2, -0.15) is 31.4 Å². The van der Waals surface area contributed by atoms with Crippen LogP contribution in [0, 0.1) is 0 Å². The third kappa shape index (κ3) is 7.37. The monoisotopic (exact) mass is 596 g/mol. The summed E-state index contributed by atoms with van der Waals surface area (Å²) in [6, 6.07) is 4.80. The molecule has 1 aromatic heterocycles. The van der Waals surface area contributed by atoms with E-state index in [0.29, 0.717) is 30.8 Å². The van der Waals surface area contributed by atoms with Crippen molar-refractivity contribution in [3.63, 3.8) is 0 Å².